The number of epoxide rings is 1. The maximum atomic E-state index is 9.79. The fourth-order valence-corrected chi connectivity index (χ4v) is 2.77. The van der Waals surface area contributed by atoms with Gasteiger partial charge in [0.1, 0.15) is 11.7 Å². The zero-order valence-corrected chi connectivity index (χ0v) is 7.41. The lowest BCUT2D eigenvalue weighted by Crippen LogP contribution is -2.42. The van der Waals surface area contributed by atoms with Gasteiger partial charge < -0.3 is 24.8 Å². The van der Waals surface area contributed by atoms with Gasteiger partial charge in [-0.1, -0.05) is 0 Å². The highest BCUT2D eigenvalue weighted by Crippen LogP contribution is 2.58. The Kier molecular flexibility index (Phi) is 1.54. The van der Waals surface area contributed by atoms with Crippen molar-refractivity contribution in [3.05, 3.63) is 12.3 Å². The molecule has 14 heavy (non-hydrogen) atoms. The first-order valence-corrected chi connectivity index (χ1v) is 4.67. The molecule has 2 aliphatic heterocycles. The Labute approximate surface area is 80.6 Å². The van der Waals surface area contributed by atoms with Gasteiger partial charge in [0.2, 0.25) is 6.29 Å². The minimum absolute atomic E-state index is 0.176. The SMILES string of the molecule is OC[C@]12O[C@H]1[C@@H](O)[C@@H]1C=COC(O)[C@@H]12. The minimum atomic E-state index is -1.00. The smallest absolute Gasteiger partial charge is 0.202 e. The quantitative estimate of drug-likeness (QED) is 0.453. The summed E-state index contributed by atoms with van der Waals surface area (Å²) in [5, 5.41) is 28.6. The normalized spacial score (nSPS) is 58.9. The van der Waals surface area contributed by atoms with E-state index in [-0.39, 0.29) is 24.5 Å². The summed E-state index contributed by atoms with van der Waals surface area (Å²) in [4.78, 5) is 0. The van der Waals surface area contributed by atoms with Crippen LogP contribution in [0.25, 0.3) is 0 Å². The number of fused-ring (bicyclic) bond motifs is 3. The number of aliphatic hydroxyl groups is 3. The molecule has 0 spiro atoms. The van der Waals surface area contributed by atoms with Gasteiger partial charge in [0.15, 0.2) is 0 Å². The van der Waals surface area contributed by atoms with Crippen molar-refractivity contribution in [2.45, 2.75) is 24.1 Å². The van der Waals surface area contributed by atoms with E-state index < -0.39 is 18.0 Å². The van der Waals surface area contributed by atoms with Crippen molar-refractivity contribution in [3.63, 3.8) is 0 Å². The van der Waals surface area contributed by atoms with Gasteiger partial charge in [-0.15, -0.1) is 0 Å². The van der Waals surface area contributed by atoms with E-state index in [0.29, 0.717) is 0 Å². The predicted molar refractivity (Wildman–Crippen MR) is 43.9 cm³/mol. The van der Waals surface area contributed by atoms with Crippen LogP contribution in [0.2, 0.25) is 0 Å². The van der Waals surface area contributed by atoms with Crippen LogP contribution in [0.3, 0.4) is 0 Å². The highest BCUT2D eigenvalue weighted by Gasteiger charge is 2.75. The first kappa shape index (κ1) is 8.67. The minimum Gasteiger partial charge on any atom is -0.473 e. The molecule has 0 aromatic carbocycles. The molecule has 3 aliphatic rings. The van der Waals surface area contributed by atoms with Crippen LogP contribution in [0, 0.1) is 11.8 Å². The molecular weight excluding hydrogens is 188 g/mol. The van der Waals surface area contributed by atoms with Gasteiger partial charge in [0.05, 0.1) is 24.9 Å². The van der Waals surface area contributed by atoms with Crippen LogP contribution >= 0.6 is 0 Å². The molecule has 3 rings (SSSR count). The van der Waals surface area contributed by atoms with Crippen molar-refractivity contribution < 1.29 is 24.8 Å². The second-order valence-corrected chi connectivity index (χ2v) is 4.10. The molecule has 1 saturated heterocycles. The molecule has 5 heteroatoms. The molecule has 0 aromatic heterocycles. The van der Waals surface area contributed by atoms with Crippen molar-refractivity contribution in [2.24, 2.45) is 11.8 Å². The van der Waals surface area contributed by atoms with E-state index in [1.165, 1.54) is 6.26 Å². The third kappa shape index (κ3) is 0.791. The van der Waals surface area contributed by atoms with E-state index in [2.05, 4.69) is 0 Å². The lowest BCUT2D eigenvalue weighted by molar-refractivity contribution is -0.149. The molecule has 0 bridgehead atoms. The Balaban J connectivity index is 1.98. The summed E-state index contributed by atoms with van der Waals surface area (Å²) in [6, 6.07) is 0. The van der Waals surface area contributed by atoms with Crippen LogP contribution in [0.5, 0.6) is 0 Å². The Morgan fingerprint density at radius 2 is 2.14 bits per heavy atom. The highest BCUT2D eigenvalue weighted by molar-refractivity contribution is 5.24. The van der Waals surface area contributed by atoms with Crippen molar-refractivity contribution in [2.75, 3.05) is 6.61 Å². The van der Waals surface area contributed by atoms with E-state index >= 15 is 0 Å². The number of aliphatic hydroxyl groups excluding tert-OH is 3. The van der Waals surface area contributed by atoms with E-state index in [0.717, 1.165) is 0 Å². The van der Waals surface area contributed by atoms with Gasteiger partial charge in [-0.25, -0.2) is 0 Å². The van der Waals surface area contributed by atoms with Gasteiger partial charge in [-0.05, 0) is 6.08 Å². The van der Waals surface area contributed by atoms with Crippen LogP contribution in [-0.2, 0) is 9.47 Å². The van der Waals surface area contributed by atoms with Crippen molar-refractivity contribution in [1.29, 1.82) is 0 Å². The number of hydrogen-bond acceptors (Lipinski definition) is 5. The molecule has 0 radical (unpaired) electrons. The van der Waals surface area contributed by atoms with Gasteiger partial charge >= 0.3 is 0 Å². The standard InChI is InChI=1S/C9H12O5/c10-3-9-5-4(1-2-13-8(5)12)6(11)7(9)14-9/h1-2,4-8,10-12H,3H2/t4-,5-,6+,7+,8?,9-/m1/s1. The summed E-state index contributed by atoms with van der Waals surface area (Å²) >= 11 is 0. The molecule has 0 aromatic rings. The third-order valence-electron chi connectivity index (χ3n) is 3.53. The molecule has 2 fully saturated rings. The third-order valence-corrected chi connectivity index (χ3v) is 3.53. The molecule has 1 unspecified atom stereocenters. The molecule has 3 N–H and O–H groups in total. The number of hydrogen-bond donors (Lipinski definition) is 3. The fourth-order valence-electron chi connectivity index (χ4n) is 2.77. The lowest BCUT2D eigenvalue weighted by Gasteiger charge is -2.32. The lowest BCUT2D eigenvalue weighted by atomic mass is 9.86. The van der Waals surface area contributed by atoms with E-state index in [9.17, 15) is 15.3 Å². The fraction of sp³-hybridized carbons (Fsp3) is 0.778. The molecule has 2 heterocycles. The first-order valence-electron chi connectivity index (χ1n) is 4.67. The summed E-state index contributed by atoms with van der Waals surface area (Å²) in [7, 11) is 0. The Hall–Kier alpha value is -0.620. The maximum Gasteiger partial charge on any atom is 0.202 e. The zero-order valence-electron chi connectivity index (χ0n) is 7.41. The molecule has 1 saturated carbocycles. The Bertz CT molecular complexity index is 291. The first-order chi connectivity index (χ1) is 6.70. The van der Waals surface area contributed by atoms with Crippen molar-refractivity contribution >= 4 is 0 Å². The van der Waals surface area contributed by atoms with Gasteiger partial charge in [0.25, 0.3) is 0 Å². The Morgan fingerprint density at radius 1 is 1.36 bits per heavy atom. The number of ether oxygens (including phenoxy) is 2. The van der Waals surface area contributed by atoms with E-state index in [1.807, 2.05) is 0 Å². The Morgan fingerprint density at radius 3 is 2.86 bits per heavy atom. The summed E-state index contributed by atoms with van der Waals surface area (Å²) in [6.45, 7) is -0.190. The maximum absolute atomic E-state index is 9.79. The van der Waals surface area contributed by atoms with E-state index in [4.69, 9.17) is 9.47 Å². The molecule has 0 amide bonds. The molecule has 5 nitrogen and oxygen atoms in total. The van der Waals surface area contributed by atoms with Gasteiger partial charge in [-0.2, -0.15) is 0 Å². The molecule has 78 valence electrons. The second-order valence-electron chi connectivity index (χ2n) is 4.10. The monoisotopic (exact) mass is 200 g/mol. The average molecular weight is 200 g/mol. The van der Waals surface area contributed by atoms with E-state index in [1.54, 1.807) is 6.08 Å². The predicted octanol–water partition coefficient (Wildman–Crippen LogP) is -1.41. The van der Waals surface area contributed by atoms with Crippen LogP contribution in [0.15, 0.2) is 12.3 Å². The van der Waals surface area contributed by atoms with Crippen LogP contribution in [0.1, 0.15) is 0 Å². The van der Waals surface area contributed by atoms with Crippen molar-refractivity contribution in [3.8, 4) is 0 Å². The van der Waals surface area contributed by atoms with Gasteiger partial charge in [0, 0.05) is 5.92 Å². The molecule has 1 aliphatic carbocycles. The summed E-state index contributed by atoms with van der Waals surface area (Å²) in [5.74, 6) is -0.540. The largest absolute Gasteiger partial charge is 0.473 e. The van der Waals surface area contributed by atoms with Crippen LogP contribution in [0.4, 0.5) is 0 Å². The van der Waals surface area contributed by atoms with Crippen LogP contribution < -0.4 is 0 Å². The second kappa shape index (κ2) is 2.49. The number of rotatable bonds is 1. The molecule has 6 atom stereocenters. The van der Waals surface area contributed by atoms with Gasteiger partial charge in [-0.3, -0.25) is 0 Å². The topological polar surface area (TPSA) is 82.5 Å². The zero-order chi connectivity index (χ0) is 9.92. The molecular formula is C9H12O5. The summed E-state index contributed by atoms with van der Waals surface area (Å²) in [6.07, 6.45) is 1.10. The van der Waals surface area contributed by atoms with Crippen molar-refractivity contribution in [1.82, 2.24) is 0 Å². The summed E-state index contributed by atoms with van der Waals surface area (Å²) in [5.41, 5.74) is -0.783. The highest BCUT2D eigenvalue weighted by atomic mass is 16.7. The average Bonchev–Trinajstić information content (AvgIpc) is 2.87. The van der Waals surface area contributed by atoms with Crippen LogP contribution in [-0.4, -0.2) is 46.0 Å². The summed E-state index contributed by atoms with van der Waals surface area (Å²) < 4.78 is 10.2.